The van der Waals surface area contributed by atoms with E-state index in [2.05, 4.69) is 0 Å². The van der Waals surface area contributed by atoms with Gasteiger partial charge in [-0.15, -0.1) is 0 Å². The van der Waals surface area contributed by atoms with E-state index in [1.165, 1.54) is 0 Å². The van der Waals surface area contributed by atoms with Crippen molar-refractivity contribution in [3.05, 3.63) is 156 Å². The van der Waals surface area contributed by atoms with Crippen LogP contribution in [0.5, 0.6) is 0 Å². The molecule has 0 bridgehead atoms. The average Bonchev–Trinajstić information content (AvgIpc) is 0.760. The van der Waals surface area contributed by atoms with Crippen LogP contribution >= 0.6 is 0 Å². The summed E-state index contributed by atoms with van der Waals surface area (Å²) in [7, 11) is -67.8. The molecule has 0 atom stereocenters. The van der Waals surface area contributed by atoms with E-state index in [0.717, 1.165) is 0 Å². The van der Waals surface area contributed by atoms with Crippen LogP contribution in [-0.4, -0.2) is 185 Å². The highest BCUT2D eigenvalue weighted by atomic mass is 32.3. The van der Waals surface area contributed by atoms with Gasteiger partial charge in [0.15, 0.2) is 0 Å². The largest absolute Gasteiger partial charge is 0.323 e. The molecule has 0 saturated heterocycles. The Morgan fingerprint density at radius 2 is 0.345 bits per heavy atom. The van der Waals surface area contributed by atoms with Crippen LogP contribution in [0.4, 0.5) is 38.9 Å². The summed E-state index contributed by atoms with van der Waals surface area (Å²) in [6.07, 6.45) is 0. The first-order chi connectivity index (χ1) is 52.5. The predicted molar refractivity (Wildman–Crippen MR) is 391 cm³/mol. The van der Waals surface area contributed by atoms with E-state index >= 15 is 0 Å². The van der Waals surface area contributed by atoms with Gasteiger partial charge in [0.05, 0.1) is 61.9 Å². The molecule has 6 amide bonds. The summed E-state index contributed by atoms with van der Waals surface area (Å²) in [5.74, 6) is -7.20. The maximum absolute atomic E-state index is 14.8. The van der Waals surface area contributed by atoms with Crippen LogP contribution in [0, 0.1) is 0 Å². The van der Waals surface area contributed by atoms with Gasteiger partial charge in [-0.1, -0.05) is 0 Å². The van der Waals surface area contributed by atoms with Crippen molar-refractivity contribution in [1.29, 1.82) is 0 Å². The molecule has 116 heavy (non-hydrogen) atoms. The standard InChI is InChI=1S/C57H40N6O41S12/c64-53(60-41-15-33(105(69,70)71)7-23-11-37(109(81,82)83)19-45(49(23)41)113(93,94)95)27-1-28(54(65)61-42-16-34(106(72,73)74)8-24-12-38(110(84,85)86)20-46(50(24)42)114(96,97)98)4-31(3-27)58-57(68)59-32-5-29(55(66)62-43-17-35(107(75,76)77)9-25-13-39(111(87,88)89)21-47(51(25)43)115(99,100)101)2-30(6-32)56(67)63-44-18-36(108(78,79)80)10-26-14-40(112(90,91)92)22-48(52(26)44)116(102,103)104/h1-22H,(H,60,64)(H,61,65)(H,62,66)(H,63,67)(H2,58,59,68)(H,69,70,71)(H,72,73,74)(H,75,76,77)(H,78,79,80)(H,81,82,83)(H,84,85,86)(H,87,88,89)(H,90,91,92)(H,93,94,95)(H,96,97,98)(H,99,100,101)(H,102,103,104). The molecule has 0 fully saturated rings. The number of nitrogens with one attached hydrogen (secondary N) is 6. The van der Waals surface area contributed by atoms with E-state index in [1.54, 1.807) is 0 Å². The van der Waals surface area contributed by atoms with E-state index in [1.807, 2.05) is 31.9 Å². The average molecular weight is 1850 g/mol. The first-order valence-corrected chi connectivity index (χ1v) is 46.6. The van der Waals surface area contributed by atoms with Gasteiger partial charge in [-0.05, 0) is 155 Å². The van der Waals surface area contributed by atoms with Crippen molar-refractivity contribution < 1.29 is 180 Å². The minimum Gasteiger partial charge on any atom is -0.321 e. The first-order valence-electron chi connectivity index (χ1n) is 29.4. The van der Waals surface area contributed by atoms with Gasteiger partial charge in [0.2, 0.25) is 0 Å². The normalized spacial score (nSPS) is 13.1. The van der Waals surface area contributed by atoms with Gasteiger partial charge < -0.3 is 31.9 Å². The summed E-state index contributed by atoms with van der Waals surface area (Å²) in [4.78, 5) is 56.4. The monoisotopic (exact) mass is 1850 g/mol. The molecule has 10 aromatic carbocycles. The number of rotatable bonds is 22. The van der Waals surface area contributed by atoms with Gasteiger partial charge in [-0.3, -0.25) is 73.8 Å². The molecular weight excluding hydrogens is 1810 g/mol. The Balaban J connectivity index is 1.18. The number of hydrogen-bond acceptors (Lipinski definition) is 29. The van der Waals surface area contributed by atoms with Crippen LogP contribution < -0.4 is 31.9 Å². The van der Waals surface area contributed by atoms with Gasteiger partial charge in [0, 0.05) is 55.2 Å². The lowest BCUT2D eigenvalue weighted by Gasteiger charge is -2.17. The third kappa shape index (κ3) is 19.2. The number of amides is 6. The number of hydrogen-bond donors (Lipinski definition) is 18. The molecule has 18 N–H and O–H groups in total. The lowest BCUT2D eigenvalue weighted by molar-refractivity contribution is 0.101. The van der Waals surface area contributed by atoms with Crippen molar-refractivity contribution >= 4 is 228 Å². The smallest absolute Gasteiger partial charge is 0.321 e. The second-order valence-electron chi connectivity index (χ2n) is 23.7. The maximum atomic E-state index is 14.8. The highest BCUT2D eigenvalue weighted by Gasteiger charge is 2.33. The van der Waals surface area contributed by atoms with Crippen molar-refractivity contribution in [2.45, 2.75) is 58.7 Å². The zero-order valence-corrected chi connectivity index (χ0v) is 65.1. The van der Waals surface area contributed by atoms with Gasteiger partial charge in [0.1, 0.15) is 19.6 Å². The van der Waals surface area contributed by atoms with Crippen LogP contribution in [0.3, 0.4) is 0 Å². The Labute approximate surface area is 649 Å². The zero-order valence-electron chi connectivity index (χ0n) is 55.3. The molecule has 10 aromatic rings. The molecule has 0 radical (unpaired) electrons. The van der Waals surface area contributed by atoms with E-state index in [0.29, 0.717) is 84.9 Å². The summed E-state index contributed by atoms with van der Waals surface area (Å²) < 4.78 is 425. The van der Waals surface area contributed by atoms with Gasteiger partial charge in [-0.25, -0.2) is 4.79 Å². The predicted octanol–water partition coefficient (Wildman–Crippen LogP) is 3.91. The molecule has 0 aliphatic carbocycles. The summed E-state index contributed by atoms with van der Waals surface area (Å²) in [6, 6.07) is 5.02. The van der Waals surface area contributed by atoms with Crippen molar-refractivity contribution in [1.82, 2.24) is 0 Å². The van der Waals surface area contributed by atoms with Crippen molar-refractivity contribution in [3.63, 3.8) is 0 Å². The van der Waals surface area contributed by atoms with E-state index in [4.69, 9.17) is 0 Å². The number of urea groups is 1. The van der Waals surface area contributed by atoms with Crippen LogP contribution in [0.15, 0.2) is 192 Å². The fourth-order valence-electron chi connectivity index (χ4n) is 11.1. The SMILES string of the molecule is O=C(Nc1cc(C(=O)Nc2cc(S(=O)(=O)O)cc3cc(S(=O)(=O)O)cc(S(=O)(=O)O)c23)cc(C(=O)Nc2cc(S(=O)(=O)O)cc3cc(S(=O)(=O)O)cc(S(=O)(=O)O)c23)c1)Nc1cc(C(=O)Nc2cc(S(=O)(=O)O)cc3cc(S(=O)(=O)O)cc(S(=O)(=O)O)c23)cc(C(=O)Nc2cc(S(=O)(=O)O)cc3cc(S(=O)(=O)O)cc(S(=O)(=O)O)c23)c1. The van der Waals surface area contributed by atoms with Crippen molar-refractivity contribution in [2.75, 3.05) is 31.9 Å². The minimum atomic E-state index is -5.82. The Morgan fingerprint density at radius 1 is 0.190 bits per heavy atom. The lowest BCUT2D eigenvalue weighted by Crippen LogP contribution is -2.23. The number of carbonyl (C=O) groups excluding carboxylic acids is 5. The molecule has 59 heteroatoms. The maximum Gasteiger partial charge on any atom is 0.323 e. The number of benzene rings is 10. The molecular formula is C57H40N6O41S12. The fraction of sp³-hybridized carbons (Fsp3) is 0. The van der Waals surface area contributed by atoms with Crippen LogP contribution in [0.25, 0.3) is 43.1 Å². The lowest BCUT2D eigenvalue weighted by atomic mass is 10.0. The third-order valence-electron chi connectivity index (χ3n) is 15.8. The summed E-state index contributed by atoms with van der Waals surface area (Å²) in [6.45, 7) is 0. The molecule has 0 aliphatic heterocycles. The molecule has 616 valence electrons. The summed E-state index contributed by atoms with van der Waals surface area (Å²) in [5.41, 5.74) is -11.2. The molecule has 0 spiro atoms. The number of anilines is 6. The van der Waals surface area contributed by atoms with E-state index in [-0.39, 0.29) is 48.5 Å². The van der Waals surface area contributed by atoms with Gasteiger partial charge >= 0.3 is 6.03 Å². The van der Waals surface area contributed by atoms with Crippen LogP contribution in [0.2, 0.25) is 0 Å². The molecule has 0 aliphatic rings. The molecule has 10 rings (SSSR count). The Morgan fingerprint density at radius 3 is 0.491 bits per heavy atom. The van der Waals surface area contributed by atoms with E-state index < -0.39 is 309 Å². The van der Waals surface area contributed by atoms with Crippen LogP contribution in [-0.2, 0) is 121 Å². The number of carbonyl (C=O) groups is 5. The van der Waals surface area contributed by atoms with Gasteiger partial charge in [-0.2, -0.15) is 101 Å². The Hall–Kier alpha value is -10.7. The van der Waals surface area contributed by atoms with Crippen molar-refractivity contribution in [2.24, 2.45) is 0 Å². The quantitative estimate of drug-likeness (QED) is 0.0428. The molecule has 0 unspecified atom stereocenters. The topological polar surface area (TPSA) is 810 Å². The highest BCUT2D eigenvalue weighted by Crippen LogP contribution is 2.42. The highest BCUT2D eigenvalue weighted by molar-refractivity contribution is 7.89. The fourth-order valence-corrected chi connectivity index (χ4v) is 18.8. The summed E-state index contributed by atoms with van der Waals surface area (Å²) in [5, 5.41) is 3.53. The Kier molecular flexibility index (Phi) is 22.3. The molecule has 0 heterocycles. The minimum absolute atomic E-state index is 0.0693. The number of fused-ring (bicyclic) bond motifs is 4. The van der Waals surface area contributed by atoms with Gasteiger partial charge in [0.25, 0.3) is 145 Å². The molecule has 0 aromatic heterocycles. The Bertz CT molecular complexity index is 6810. The van der Waals surface area contributed by atoms with E-state index in [9.17, 15) is 180 Å². The summed E-state index contributed by atoms with van der Waals surface area (Å²) >= 11 is 0. The third-order valence-corrected chi connectivity index (χ3v) is 25.9. The van der Waals surface area contributed by atoms with Crippen LogP contribution in [0.1, 0.15) is 41.4 Å². The first kappa shape index (κ1) is 87.7. The zero-order chi connectivity index (χ0) is 87.0. The second-order valence-corrected chi connectivity index (χ2v) is 40.6. The molecule has 47 nitrogen and oxygen atoms in total. The second kappa shape index (κ2) is 29.5. The molecule has 0 saturated carbocycles. The van der Waals surface area contributed by atoms with Crippen molar-refractivity contribution in [3.8, 4) is 0 Å².